The predicted octanol–water partition coefficient (Wildman–Crippen LogP) is 2.51. The van der Waals surface area contributed by atoms with E-state index in [-0.39, 0.29) is 11.9 Å². The number of benzene rings is 1. The summed E-state index contributed by atoms with van der Waals surface area (Å²) in [5, 5.41) is 6.43. The first kappa shape index (κ1) is 14.9. The molecule has 1 aliphatic rings. The van der Waals surface area contributed by atoms with Gasteiger partial charge in [-0.15, -0.1) is 0 Å². The monoisotopic (exact) mass is 275 g/mol. The first-order valence-electron chi connectivity index (χ1n) is 7.47. The first-order valence-corrected chi connectivity index (χ1v) is 7.47. The van der Waals surface area contributed by atoms with Gasteiger partial charge >= 0.3 is 0 Å². The van der Waals surface area contributed by atoms with Crippen molar-refractivity contribution in [3.05, 3.63) is 29.8 Å². The molecule has 0 saturated heterocycles. The summed E-state index contributed by atoms with van der Waals surface area (Å²) in [6.07, 6.45) is 4.35. The summed E-state index contributed by atoms with van der Waals surface area (Å²) in [7, 11) is 0. The van der Waals surface area contributed by atoms with Crippen LogP contribution in [0.1, 0.15) is 49.9 Å². The van der Waals surface area contributed by atoms with Crippen molar-refractivity contribution in [3.8, 4) is 0 Å². The molecular weight excluding hydrogens is 250 g/mol. The summed E-state index contributed by atoms with van der Waals surface area (Å²) in [5.41, 5.74) is 7.64. The van der Waals surface area contributed by atoms with Gasteiger partial charge in [0.2, 0.25) is 0 Å². The van der Waals surface area contributed by atoms with Crippen LogP contribution in [0.4, 0.5) is 5.69 Å². The van der Waals surface area contributed by atoms with Crippen molar-refractivity contribution in [2.75, 3.05) is 5.32 Å². The van der Waals surface area contributed by atoms with Crippen LogP contribution in [0.3, 0.4) is 0 Å². The van der Waals surface area contributed by atoms with Gasteiger partial charge in [0, 0.05) is 29.4 Å². The molecule has 0 atom stereocenters. The second-order valence-electron chi connectivity index (χ2n) is 5.97. The van der Waals surface area contributed by atoms with Gasteiger partial charge in [-0.05, 0) is 57.7 Å². The maximum Gasteiger partial charge on any atom is 0.251 e. The zero-order chi connectivity index (χ0) is 14.5. The molecule has 0 aromatic heterocycles. The van der Waals surface area contributed by atoms with Crippen LogP contribution < -0.4 is 16.4 Å². The number of hydrogen-bond acceptors (Lipinski definition) is 3. The maximum absolute atomic E-state index is 12.0. The SMILES string of the molecule is CC(C)NC(=O)c1cccc(NC2CCC(N)CC2)c1. The summed E-state index contributed by atoms with van der Waals surface area (Å²) < 4.78 is 0. The van der Waals surface area contributed by atoms with Crippen LogP contribution in [0.15, 0.2) is 24.3 Å². The van der Waals surface area contributed by atoms with Gasteiger partial charge in [-0.1, -0.05) is 6.07 Å². The lowest BCUT2D eigenvalue weighted by atomic mass is 9.91. The summed E-state index contributed by atoms with van der Waals surface area (Å²) in [6, 6.07) is 8.69. The highest BCUT2D eigenvalue weighted by Gasteiger charge is 2.18. The van der Waals surface area contributed by atoms with Gasteiger partial charge in [0.25, 0.3) is 5.91 Å². The molecule has 0 spiro atoms. The van der Waals surface area contributed by atoms with E-state index >= 15 is 0 Å². The van der Waals surface area contributed by atoms with Gasteiger partial charge < -0.3 is 16.4 Å². The van der Waals surface area contributed by atoms with E-state index in [0.717, 1.165) is 31.4 Å². The Morgan fingerprint density at radius 3 is 2.60 bits per heavy atom. The van der Waals surface area contributed by atoms with E-state index in [4.69, 9.17) is 5.73 Å². The molecular formula is C16H25N3O. The molecule has 4 nitrogen and oxygen atoms in total. The molecule has 20 heavy (non-hydrogen) atoms. The summed E-state index contributed by atoms with van der Waals surface area (Å²) in [5.74, 6) is -0.0192. The van der Waals surface area contributed by atoms with Crippen molar-refractivity contribution in [2.45, 2.75) is 57.7 Å². The van der Waals surface area contributed by atoms with Gasteiger partial charge in [-0.25, -0.2) is 0 Å². The van der Waals surface area contributed by atoms with Crippen molar-refractivity contribution in [1.29, 1.82) is 0 Å². The van der Waals surface area contributed by atoms with E-state index < -0.39 is 0 Å². The molecule has 4 heteroatoms. The Hall–Kier alpha value is -1.55. The van der Waals surface area contributed by atoms with Crippen LogP contribution in [0, 0.1) is 0 Å². The average Bonchev–Trinajstić information content (AvgIpc) is 2.41. The molecule has 1 aromatic rings. The van der Waals surface area contributed by atoms with E-state index in [1.807, 2.05) is 38.1 Å². The standard InChI is InChI=1S/C16H25N3O/c1-11(2)18-16(20)12-4-3-5-15(10-12)19-14-8-6-13(17)7-9-14/h3-5,10-11,13-14,19H,6-9,17H2,1-2H3,(H,18,20). The second-order valence-corrected chi connectivity index (χ2v) is 5.97. The number of carbonyl (C=O) groups excluding carboxylic acids is 1. The lowest BCUT2D eigenvalue weighted by molar-refractivity contribution is 0.0943. The Balaban J connectivity index is 1.97. The Morgan fingerprint density at radius 2 is 1.95 bits per heavy atom. The van der Waals surface area contributed by atoms with Crippen LogP contribution in [0.2, 0.25) is 0 Å². The molecule has 4 N–H and O–H groups in total. The van der Waals surface area contributed by atoms with Crippen LogP contribution in [0.25, 0.3) is 0 Å². The van der Waals surface area contributed by atoms with Gasteiger partial charge in [0.05, 0.1) is 0 Å². The fraction of sp³-hybridized carbons (Fsp3) is 0.562. The van der Waals surface area contributed by atoms with Crippen LogP contribution in [-0.2, 0) is 0 Å². The Kier molecular flexibility index (Phi) is 5.01. The zero-order valence-corrected chi connectivity index (χ0v) is 12.4. The van der Waals surface area contributed by atoms with Gasteiger partial charge in [0.15, 0.2) is 0 Å². The molecule has 110 valence electrons. The highest BCUT2D eigenvalue weighted by Crippen LogP contribution is 2.21. The smallest absolute Gasteiger partial charge is 0.251 e. The lowest BCUT2D eigenvalue weighted by Crippen LogP contribution is -2.33. The number of carbonyl (C=O) groups is 1. The molecule has 2 rings (SSSR count). The van der Waals surface area contributed by atoms with Crippen LogP contribution in [0.5, 0.6) is 0 Å². The second kappa shape index (κ2) is 6.75. The largest absolute Gasteiger partial charge is 0.382 e. The third-order valence-electron chi connectivity index (χ3n) is 3.69. The fourth-order valence-electron chi connectivity index (χ4n) is 2.59. The molecule has 0 radical (unpaired) electrons. The van der Waals surface area contributed by atoms with Crippen molar-refractivity contribution < 1.29 is 4.79 Å². The van der Waals surface area contributed by atoms with Crippen molar-refractivity contribution in [2.24, 2.45) is 5.73 Å². The highest BCUT2D eigenvalue weighted by atomic mass is 16.1. The van der Waals surface area contributed by atoms with Gasteiger partial charge in [-0.2, -0.15) is 0 Å². The number of nitrogens with two attached hydrogens (primary N) is 1. The molecule has 1 aliphatic carbocycles. The fourth-order valence-corrected chi connectivity index (χ4v) is 2.59. The Bertz CT molecular complexity index is 451. The van der Waals surface area contributed by atoms with E-state index in [1.54, 1.807) is 0 Å². The number of rotatable bonds is 4. The van der Waals surface area contributed by atoms with Crippen molar-refractivity contribution in [3.63, 3.8) is 0 Å². The minimum absolute atomic E-state index is 0.0192. The average molecular weight is 275 g/mol. The van der Waals surface area contributed by atoms with Gasteiger partial charge in [0.1, 0.15) is 0 Å². The normalized spacial score (nSPS) is 22.6. The first-order chi connectivity index (χ1) is 9.54. The molecule has 1 saturated carbocycles. The number of nitrogens with one attached hydrogen (secondary N) is 2. The summed E-state index contributed by atoms with van der Waals surface area (Å²) >= 11 is 0. The number of hydrogen-bond donors (Lipinski definition) is 3. The minimum atomic E-state index is -0.0192. The Labute approximate surface area is 121 Å². The molecule has 1 aromatic carbocycles. The number of amides is 1. The summed E-state index contributed by atoms with van der Waals surface area (Å²) in [4.78, 5) is 12.0. The molecule has 0 bridgehead atoms. The molecule has 1 amide bonds. The Morgan fingerprint density at radius 1 is 1.25 bits per heavy atom. The maximum atomic E-state index is 12.0. The number of anilines is 1. The third kappa shape index (κ3) is 4.23. The predicted molar refractivity (Wildman–Crippen MR) is 82.9 cm³/mol. The van der Waals surface area contributed by atoms with E-state index in [1.165, 1.54) is 0 Å². The van der Waals surface area contributed by atoms with Crippen molar-refractivity contribution >= 4 is 11.6 Å². The van der Waals surface area contributed by atoms with Crippen LogP contribution in [-0.4, -0.2) is 24.0 Å². The minimum Gasteiger partial charge on any atom is -0.382 e. The van der Waals surface area contributed by atoms with E-state index in [9.17, 15) is 4.79 Å². The van der Waals surface area contributed by atoms with Crippen LogP contribution >= 0.6 is 0 Å². The van der Waals surface area contributed by atoms with Crippen molar-refractivity contribution in [1.82, 2.24) is 5.32 Å². The van der Waals surface area contributed by atoms with E-state index in [0.29, 0.717) is 17.6 Å². The van der Waals surface area contributed by atoms with Gasteiger partial charge in [-0.3, -0.25) is 4.79 Å². The topological polar surface area (TPSA) is 67.2 Å². The van der Waals surface area contributed by atoms with E-state index in [2.05, 4.69) is 10.6 Å². The lowest BCUT2D eigenvalue weighted by Gasteiger charge is -2.27. The molecule has 0 unspecified atom stereocenters. The highest BCUT2D eigenvalue weighted by molar-refractivity contribution is 5.95. The quantitative estimate of drug-likeness (QED) is 0.791. The molecule has 1 fully saturated rings. The summed E-state index contributed by atoms with van der Waals surface area (Å²) in [6.45, 7) is 3.93. The third-order valence-corrected chi connectivity index (χ3v) is 3.69. The molecule has 0 aliphatic heterocycles. The zero-order valence-electron chi connectivity index (χ0n) is 12.4. The molecule has 0 heterocycles.